The van der Waals surface area contributed by atoms with Gasteiger partial charge in [0.05, 0.1) is 0 Å². The summed E-state index contributed by atoms with van der Waals surface area (Å²) in [6.07, 6.45) is 0.384. The lowest BCUT2D eigenvalue weighted by molar-refractivity contribution is -0.115. The first-order valence-corrected chi connectivity index (χ1v) is 8.96. The van der Waals surface area contributed by atoms with Crippen molar-refractivity contribution in [2.75, 3.05) is 30.4 Å². The number of hydrogen-bond acceptors (Lipinski definition) is 4. The van der Waals surface area contributed by atoms with Gasteiger partial charge in [-0.25, -0.2) is 0 Å². The minimum atomic E-state index is -0.0412. The van der Waals surface area contributed by atoms with E-state index in [4.69, 9.17) is 9.47 Å². The molecule has 0 saturated heterocycles. The van der Waals surface area contributed by atoms with Crippen LogP contribution in [0, 0.1) is 0 Å². The number of carbonyl (C=O) groups excluding carboxylic acids is 1. The molecule has 1 amide bonds. The van der Waals surface area contributed by atoms with Crippen LogP contribution in [0.1, 0.15) is 32.8 Å². The maximum absolute atomic E-state index is 12.1. The Bertz CT molecular complexity index is 764. The molecular formula is C21H26N2O3. The van der Waals surface area contributed by atoms with Crippen LogP contribution in [0.15, 0.2) is 42.5 Å². The predicted molar refractivity (Wildman–Crippen MR) is 104 cm³/mol. The molecular weight excluding hydrogens is 328 g/mol. The van der Waals surface area contributed by atoms with Crippen LogP contribution in [0.25, 0.3) is 0 Å². The summed E-state index contributed by atoms with van der Waals surface area (Å²) >= 11 is 0. The lowest BCUT2D eigenvalue weighted by Gasteiger charge is -2.19. The second-order valence-corrected chi connectivity index (χ2v) is 7.41. The number of fused-ring (bicyclic) bond motifs is 1. The van der Waals surface area contributed by atoms with Crippen LogP contribution in [0.5, 0.6) is 11.5 Å². The van der Waals surface area contributed by atoms with Gasteiger partial charge in [0.15, 0.2) is 11.5 Å². The van der Waals surface area contributed by atoms with Crippen molar-refractivity contribution in [3.63, 3.8) is 0 Å². The maximum Gasteiger partial charge on any atom is 0.226 e. The van der Waals surface area contributed by atoms with Gasteiger partial charge in [0.25, 0.3) is 0 Å². The van der Waals surface area contributed by atoms with E-state index >= 15 is 0 Å². The van der Waals surface area contributed by atoms with Crippen molar-refractivity contribution in [3.8, 4) is 11.5 Å². The quantitative estimate of drug-likeness (QED) is 0.845. The lowest BCUT2D eigenvalue weighted by atomic mass is 9.87. The zero-order chi connectivity index (χ0) is 18.6. The summed E-state index contributed by atoms with van der Waals surface area (Å²) in [4.78, 5) is 12.1. The molecule has 0 spiro atoms. The van der Waals surface area contributed by atoms with E-state index in [1.807, 2.05) is 12.1 Å². The van der Waals surface area contributed by atoms with Crippen LogP contribution < -0.4 is 20.1 Å². The highest BCUT2D eigenvalue weighted by atomic mass is 16.6. The minimum absolute atomic E-state index is 0.0412. The van der Waals surface area contributed by atoms with E-state index in [0.29, 0.717) is 37.6 Å². The molecule has 0 atom stereocenters. The van der Waals surface area contributed by atoms with Crippen molar-refractivity contribution >= 4 is 17.3 Å². The summed E-state index contributed by atoms with van der Waals surface area (Å²) in [7, 11) is 0. The van der Waals surface area contributed by atoms with Gasteiger partial charge < -0.3 is 20.1 Å². The second kappa shape index (κ2) is 7.68. The van der Waals surface area contributed by atoms with E-state index in [2.05, 4.69) is 55.7 Å². The van der Waals surface area contributed by atoms with Gasteiger partial charge in [-0.15, -0.1) is 0 Å². The Kier molecular flexibility index (Phi) is 5.35. The molecule has 5 heteroatoms. The molecule has 138 valence electrons. The summed E-state index contributed by atoms with van der Waals surface area (Å²) in [5.74, 6) is 1.35. The smallest absolute Gasteiger partial charge is 0.226 e. The third kappa shape index (κ3) is 4.69. The lowest BCUT2D eigenvalue weighted by Crippen LogP contribution is -2.18. The van der Waals surface area contributed by atoms with E-state index in [9.17, 15) is 4.79 Å². The molecule has 26 heavy (non-hydrogen) atoms. The molecule has 1 heterocycles. The number of benzene rings is 2. The van der Waals surface area contributed by atoms with E-state index in [0.717, 1.165) is 11.4 Å². The fraction of sp³-hybridized carbons (Fsp3) is 0.381. The van der Waals surface area contributed by atoms with E-state index in [-0.39, 0.29) is 11.3 Å². The molecule has 1 aliphatic rings. The van der Waals surface area contributed by atoms with Crippen LogP contribution in [0.4, 0.5) is 11.4 Å². The van der Waals surface area contributed by atoms with Crippen molar-refractivity contribution in [2.24, 2.45) is 0 Å². The predicted octanol–water partition coefficient (Wildman–Crippen LogP) is 4.20. The monoisotopic (exact) mass is 354 g/mol. The standard InChI is InChI=1S/C21H26N2O3/c1-21(2,3)15-4-6-16(7-5-15)22-11-10-20(24)23-17-8-9-18-19(14-17)26-13-12-25-18/h4-9,14,22H,10-13H2,1-3H3,(H,23,24). The van der Waals surface area contributed by atoms with Crippen LogP contribution in [-0.4, -0.2) is 25.7 Å². The SMILES string of the molecule is CC(C)(C)c1ccc(NCCC(=O)Nc2ccc3c(c2)OCCO3)cc1. The number of carbonyl (C=O) groups is 1. The molecule has 0 bridgehead atoms. The first-order valence-electron chi connectivity index (χ1n) is 8.96. The number of ether oxygens (including phenoxy) is 2. The topological polar surface area (TPSA) is 59.6 Å². The Morgan fingerprint density at radius 3 is 2.31 bits per heavy atom. The molecule has 0 saturated carbocycles. The van der Waals surface area contributed by atoms with Gasteiger partial charge in [-0.1, -0.05) is 32.9 Å². The van der Waals surface area contributed by atoms with Crippen LogP contribution in [0.3, 0.4) is 0 Å². The van der Waals surface area contributed by atoms with Crippen LogP contribution in [-0.2, 0) is 10.2 Å². The Morgan fingerprint density at radius 1 is 0.962 bits per heavy atom. The highest BCUT2D eigenvalue weighted by Gasteiger charge is 2.14. The van der Waals surface area contributed by atoms with E-state index in [1.165, 1.54) is 5.56 Å². The van der Waals surface area contributed by atoms with Crippen LogP contribution >= 0.6 is 0 Å². The molecule has 2 N–H and O–H groups in total. The fourth-order valence-corrected chi connectivity index (χ4v) is 2.75. The zero-order valence-electron chi connectivity index (χ0n) is 15.6. The molecule has 2 aromatic rings. The third-order valence-electron chi connectivity index (χ3n) is 4.26. The molecule has 1 aliphatic heterocycles. The Hall–Kier alpha value is -2.69. The molecule has 0 aliphatic carbocycles. The van der Waals surface area contributed by atoms with Gasteiger partial charge >= 0.3 is 0 Å². The molecule has 5 nitrogen and oxygen atoms in total. The molecule has 0 aromatic heterocycles. The summed E-state index contributed by atoms with van der Waals surface area (Å²) in [5.41, 5.74) is 3.17. The Balaban J connectivity index is 1.47. The average molecular weight is 354 g/mol. The third-order valence-corrected chi connectivity index (χ3v) is 4.26. The summed E-state index contributed by atoms with van der Waals surface area (Å²) in [6.45, 7) is 8.24. The first kappa shape index (κ1) is 18.1. The molecule has 2 aromatic carbocycles. The Labute approximate surface area is 154 Å². The highest BCUT2D eigenvalue weighted by molar-refractivity contribution is 5.91. The van der Waals surface area contributed by atoms with Crippen molar-refractivity contribution < 1.29 is 14.3 Å². The number of nitrogens with one attached hydrogen (secondary N) is 2. The van der Waals surface area contributed by atoms with Crippen molar-refractivity contribution in [1.29, 1.82) is 0 Å². The second-order valence-electron chi connectivity index (χ2n) is 7.41. The summed E-state index contributed by atoms with van der Waals surface area (Å²) < 4.78 is 11.0. The number of anilines is 2. The zero-order valence-corrected chi connectivity index (χ0v) is 15.6. The number of hydrogen-bond donors (Lipinski definition) is 2. The van der Waals surface area contributed by atoms with Gasteiger partial charge in [-0.05, 0) is 35.2 Å². The van der Waals surface area contributed by atoms with E-state index < -0.39 is 0 Å². The minimum Gasteiger partial charge on any atom is -0.486 e. The van der Waals surface area contributed by atoms with Gasteiger partial charge in [-0.3, -0.25) is 4.79 Å². The fourth-order valence-electron chi connectivity index (χ4n) is 2.75. The van der Waals surface area contributed by atoms with Crippen molar-refractivity contribution in [1.82, 2.24) is 0 Å². The number of amides is 1. The highest BCUT2D eigenvalue weighted by Crippen LogP contribution is 2.32. The molecule has 0 radical (unpaired) electrons. The van der Waals surface area contributed by atoms with Gasteiger partial charge in [0.2, 0.25) is 5.91 Å². The first-order chi connectivity index (χ1) is 12.4. The molecule has 0 fully saturated rings. The maximum atomic E-state index is 12.1. The molecule has 0 unspecified atom stereocenters. The summed E-state index contributed by atoms with van der Waals surface area (Å²) in [6, 6.07) is 13.8. The molecule has 3 rings (SSSR count). The van der Waals surface area contributed by atoms with Gasteiger partial charge in [-0.2, -0.15) is 0 Å². The summed E-state index contributed by atoms with van der Waals surface area (Å²) in [5, 5.41) is 6.18. The number of rotatable bonds is 5. The normalized spacial score (nSPS) is 13.2. The average Bonchev–Trinajstić information content (AvgIpc) is 2.61. The van der Waals surface area contributed by atoms with Crippen LogP contribution in [0.2, 0.25) is 0 Å². The van der Waals surface area contributed by atoms with Gasteiger partial charge in [0, 0.05) is 30.4 Å². The Morgan fingerprint density at radius 2 is 1.62 bits per heavy atom. The van der Waals surface area contributed by atoms with Crippen molar-refractivity contribution in [3.05, 3.63) is 48.0 Å². The largest absolute Gasteiger partial charge is 0.486 e. The van der Waals surface area contributed by atoms with Gasteiger partial charge in [0.1, 0.15) is 13.2 Å². The van der Waals surface area contributed by atoms with Crippen molar-refractivity contribution in [2.45, 2.75) is 32.6 Å². The van der Waals surface area contributed by atoms with E-state index in [1.54, 1.807) is 6.07 Å².